The summed E-state index contributed by atoms with van der Waals surface area (Å²) >= 11 is 0. The van der Waals surface area contributed by atoms with E-state index in [0.717, 1.165) is 44.6 Å². The summed E-state index contributed by atoms with van der Waals surface area (Å²) in [5.41, 5.74) is 23.0. The van der Waals surface area contributed by atoms with E-state index in [1.165, 1.54) is 77.9 Å². The Kier molecular flexibility index (Phi) is 8.35. The lowest BCUT2D eigenvalue weighted by Gasteiger charge is -2.36. The number of fused-ring (bicyclic) bond motifs is 14. The first-order chi connectivity index (χ1) is 32.5. The van der Waals surface area contributed by atoms with Crippen LogP contribution >= 0.6 is 0 Å². The summed E-state index contributed by atoms with van der Waals surface area (Å²) in [4.78, 5) is 2.50. The third-order valence-corrected chi connectivity index (χ3v) is 14.7. The molecule has 1 spiro atoms. The minimum absolute atomic E-state index is 0.174. The number of allylic oxidation sites excluding steroid dienone is 5. The summed E-state index contributed by atoms with van der Waals surface area (Å²) < 4.78 is 6.61. The van der Waals surface area contributed by atoms with Gasteiger partial charge in [-0.2, -0.15) is 0 Å². The van der Waals surface area contributed by atoms with E-state index in [1.54, 1.807) is 0 Å². The van der Waals surface area contributed by atoms with Crippen molar-refractivity contribution in [2.45, 2.75) is 24.7 Å². The smallest absolute Gasteiger partial charge is 0.136 e. The zero-order valence-electron chi connectivity index (χ0n) is 36.9. The summed E-state index contributed by atoms with van der Waals surface area (Å²) in [5.74, 6) is 0. The first-order valence-corrected chi connectivity index (χ1v) is 23.0. The van der Waals surface area contributed by atoms with Crippen molar-refractivity contribution < 1.29 is 4.42 Å². The van der Waals surface area contributed by atoms with E-state index in [2.05, 4.69) is 244 Å². The van der Waals surface area contributed by atoms with E-state index in [4.69, 9.17) is 4.42 Å². The van der Waals surface area contributed by atoms with Crippen molar-refractivity contribution in [2.24, 2.45) is 0 Å². The van der Waals surface area contributed by atoms with Crippen LogP contribution in [-0.4, -0.2) is 0 Å². The molecule has 10 aromatic rings. The molecule has 0 fully saturated rings. The molecule has 9 aromatic carbocycles. The number of rotatable bonds is 7. The SMILES string of the molecule is C=C/C=C\C1=C(c2ccccc2N(c2ccc(-c3ccccc3)cc2)c2ccc3c(c2)C(C)(C)c2ccccc2-3)C2(c3ccccc31)c1ccccc1-c1c2ccc2oc3ccccc3c12. The van der Waals surface area contributed by atoms with Crippen LogP contribution < -0.4 is 4.90 Å². The van der Waals surface area contributed by atoms with E-state index >= 15 is 0 Å². The molecule has 1 heterocycles. The first kappa shape index (κ1) is 38.3. The second-order valence-electron chi connectivity index (χ2n) is 18.4. The lowest BCUT2D eigenvalue weighted by atomic mass is 9.67. The van der Waals surface area contributed by atoms with E-state index < -0.39 is 5.41 Å². The van der Waals surface area contributed by atoms with Gasteiger partial charge in [0, 0.05) is 33.1 Å². The van der Waals surface area contributed by atoms with Gasteiger partial charge in [0.1, 0.15) is 11.2 Å². The first-order valence-electron chi connectivity index (χ1n) is 23.0. The molecule has 2 nitrogen and oxygen atoms in total. The summed E-state index contributed by atoms with van der Waals surface area (Å²) in [6.45, 7) is 8.91. The van der Waals surface area contributed by atoms with Crippen molar-refractivity contribution >= 4 is 50.1 Å². The van der Waals surface area contributed by atoms with E-state index in [-0.39, 0.29) is 5.41 Å². The standard InChI is InChI=1S/C64H45NO/c1-4-5-21-48-46-23-10-15-28-53(46)64(54-29-16-11-24-49(54)60-55(64)38-39-59-61(60)51-26-13-18-31-58(51)66-59)62(48)50-25-12-17-30-57(50)65(43-34-32-42(33-35-43)41-19-7-6-8-20-41)44-36-37-47-45-22-9-14-27-52(45)63(2,3)56(47)40-44/h4-40H,1H2,2-3H3/b21-5-. The molecule has 0 aliphatic heterocycles. The number of hydrogen-bond donors (Lipinski definition) is 0. The molecule has 66 heavy (non-hydrogen) atoms. The largest absolute Gasteiger partial charge is 0.456 e. The topological polar surface area (TPSA) is 16.4 Å². The predicted octanol–water partition coefficient (Wildman–Crippen LogP) is 17.0. The normalized spacial score (nSPS) is 16.2. The van der Waals surface area contributed by atoms with Gasteiger partial charge in [0.15, 0.2) is 0 Å². The maximum Gasteiger partial charge on any atom is 0.136 e. The average Bonchev–Trinajstić information content (AvgIpc) is 4.05. The van der Waals surface area contributed by atoms with Crippen LogP contribution in [0.5, 0.6) is 0 Å². The average molecular weight is 844 g/mol. The van der Waals surface area contributed by atoms with Crippen molar-refractivity contribution in [3.63, 3.8) is 0 Å². The monoisotopic (exact) mass is 843 g/mol. The van der Waals surface area contributed by atoms with Gasteiger partial charge in [-0.05, 0) is 120 Å². The summed E-state index contributed by atoms with van der Waals surface area (Å²) in [6, 6.07) is 76.1. The maximum atomic E-state index is 6.61. The highest BCUT2D eigenvalue weighted by molar-refractivity contribution is 6.20. The van der Waals surface area contributed by atoms with Crippen molar-refractivity contribution in [1.29, 1.82) is 0 Å². The molecular weight excluding hydrogens is 799 g/mol. The van der Waals surface area contributed by atoms with Gasteiger partial charge < -0.3 is 9.32 Å². The highest BCUT2D eigenvalue weighted by atomic mass is 16.3. The van der Waals surface area contributed by atoms with Gasteiger partial charge in [-0.3, -0.25) is 0 Å². The fourth-order valence-electron chi connectivity index (χ4n) is 11.9. The van der Waals surface area contributed by atoms with Gasteiger partial charge in [0.2, 0.25) is 0 Å². The Labute approximate surface area is 385 Å². The summed E-state index contributed by atoms with van der Waals surface area (Å²) in [6.07, 6.45) is 6.28. The number of anilines is 3. The Morgan fingerprint density at radius 2 is 1.08 bits per heavy atom. The Morgan fingerprint density at radius 3 is 1.86 bits per heavy atom. The fourth-order valence-corrected chi connectivity index (χ4v) is 11.9. The number of furan rings is 1. The van der Waals surface area contributed by atoms with Crippen molar-refractivity contribution in [2.75, 3.05) is 4.90 Å². The van der Waals surface area contributed by atoms with Gasteiger partial charge in [0.25, 0.3) is 0 Å². The fraction of sp³-hybridized carbons (Fsp3) is 0.0625. The Morgan fingerprint density at radius 1 is 0.470 bits per heavy atom. The molecule has 0 bridgehead atoms. The molecule has 2 heteroatoms. The quantitative estimate of drug-likeness (QED) is 0.149. The molecule has 13 rings (SSSR count). The minimum Gasteiger partial charge on any atom is -0.456 e. The molecule has 312 valence electrons. The lowest BCUT2D eigenvalue weighted by Crippen LogP contribution is -2.27. The predicted molar refractivity (Wildman–Crippen MR) is 276 cm³/mol. The zero-order chi connectivity index (χ0) is 44.1. The van der Waals surface area contributed by atoms with Crippen LogP contribution in [0.3, 0.4) is 0 Å². The van der Waals surface area contributed by atoms with Gasteiger partial charge in [-0.15, -0.1) is 0 Å². The molecule has 0 amide bonds. The van der Waals surface area contributed by atoms with E-state index in [0.29, 0.717) is 0 Å². The van der Waals surface area contributed by atoms with Gasteiger partial charge in [-0.25, -0.2) is 0 Å². The maximum absolute atomic E-state index is 6.61. The molecule has 1 atom stereocenters. The number of para-hydroxylation sites is 2. The molecule has 3 aliphatic carbocycles. The number of nitrogens with zero attached hydrogens (tertiary/aromatic N) is 1. The second kappa shape index (κ2) is 14.4. The molecule has 1 aromatic heterocycles. The van der Waals surface area contributed by atoms with Crippen LogP contribution in [0.25, 0.3) is 66.5 Å². The lowest BCUT2D eigenvalue weighted by molar-refractivity contribution is 0.660. The second-order valence-corrected chi connectivity index (χ2v) is 18.4. The van der Waals surface area contributed by atoms with Crippen LogP contribution in [0.1, 0.15) is 52.8 Å². The highest BCUT2D eigenvalue weighted by Gasteiger charge is 2.54. The molecule has 0 saturated carbocycles. The van der Waals surface area contributed by atoms with Crippen molar-refractivity contribution in [3.8, 4) is 33.4 Å². The van der Waals surface area contributed by atoms with Crippen molar-refractivity contribution in [1.82, 2.24) is 0 Å². The minimum atomic E-state index is -0.670. The molecule has 0 N–H and O–H groups in total. The van der Waals surface area contributed by atoms with Crippen LogP contribution in [0.4, 0.5) is 17.1 Å². The van der Waals surface area contributed by atoms with Crippen molar-refractivity contribution in [3.05, 3.63) is 270 Å². The van der Waals surface area contributed by atoms with Gasteiger partial charge in [0.05, 0.1) is 11.1 Å². The molecular formula is C64H45NO. The van der Waals surface area contributed by atoms with Gasteiger partial charge >= 0.3 is 0 Å². The van der Waals surface area contributed by atoms with E-state index in [9.17, 15) is 0 Å². The zero-order valence-corrected chi connectivity index (χ0v) is 36.9. The van der Waals surface area contributed by atoms with Crippen LogP contribution in [0, 0.1) is 0 Å². The Balaban J connectivity index is 1.12. The number of hydrogen-bond acceptors (Lipinski definition) is 2. The number of benzene rings is 9. The van der Waals surface area contributed by atoms with Crippen LogP contribution in [0.2, 0.25) is 0 Å². The summed E-state index contributed by atoms with van der Waals surface area (Å²) in [5, 5.41) is 2.29. The Bertz CT molecular complexity index is 3690. The van der Waals surface area contributed by atoms with Crippen LogP contribution in [0.15, 0.2) is 235 Å². The van der Waals surface area contributed by atoms with Gasteiger partial charge in [-0.1, -0.05) is 202 Å². The molecule has 1 unspecified atom stereocenters. The third-order valence-electron chi connectivity index (χ3n) is 14.7. The molecule has 0 radical (unpaired) electrons. The van der Waals surface area contributed by atoms with E-state index in [1.807, 2.05) is 6.08 Å². The molecule has 0 saturated heterocycles. The highest BCUT2D eigenvalue weighted by Crippen LogP contribution is 2.67. The third kappa shape index (κ3) is 5.24. The Hall–Kier alpha value is -8.20. The molecule has 3 aliphatic rings. The van der Waals surface area contributed by atoms with Crippen LogP contribution in [-0.2, 0) is 10.8 Å². The summed E-state index contributed by atoms with van der Waals surface area (Å²) in [7, 11) is 0.